The van der Waals surface area contributed by atoms with Crippen molar-refractivity contribution in [2.45, 2.75) is 37.7 Å². The zero-order valence-electron chi connectivity index (χ0n) is 11.0. The first kappa shape index (κ1) is 15.3. The third-order valence-corrected chi connectivity index (χ3v) is 6.30. The molecule has 1 saturated heterocycles. The Labute approximate surface area is 110 Å². The molecule has 0 aliphatic carbocycles. The Kier molecular flexibility index (Phi) is 6.26. The molecule has 1 rings (SSSR count). The summed E-state index contributed by atoms with van der Waals surface area (Å²) in [6.07, 6.45) is 1.03. The van der Waals surface area contributed by atoms with Crippen LogP contribution in [-0.2, 0) is 10.0 Å². The predicted octanol–water partition coefficient (Wildman–Crippen LogP) is 1.14. The van der Waals surface area contributed by atoms with Crippen molar-refractivity contribution >= 4 is 21.8 Å². The fraction of sp³-hybridized carbons (Fsp3) is 1.00. The maximum absolute atomic E-state index is 12.3. The van der Waals surface area contributed by atoms with E-state index in [0.717, 1.165) is 18.7 Å². The molecule has 6 heteroatoms. The molecule has 2 unspecified atom stereocenters. The Morgan fingerprint density at radius 3 is 2.82 bits per heavy atom. The molecule has 0 saturated carbocycles. The van der Waals surface area contributed by atoms with Crippen molar-refractivity contribution in [2.75, 3.05) is 31.9 Å². The van der Waals surface area contributed by atoms with Gasteiger partial charge in [-0.05, 0) is 19.9 Å². The number of nitrogens with zero attached hydrogens (tertiary/aromatic N) is 1. The zero-order valence-corrected chi connectivity index (χ0v) is 12.6. The van der Waals surface area contributed by atoms with E-state index < -0.39 is 10.0 Å². The van der Waals surface area contributed by atoms with Gasteiger partial charge in [0, 0.05) is 30.6 Å². The van der Waals surface area contributed by atoms with E-state index in [1.165, 1.54) is 0 Å². The van der Waals surface area contributed by atoms with Crippen molar-refractivity contribution in [1.29, 1.82) is 0 Å². The molecule has 2 atom stereocenters. The molecule has 0 bridgehead atoms. The van der Waals surface area contributed by atoms with E-state index >= 15 is 0 Å². The molecule has 1 heterocycles. The summed E-state index contributed by atoms with van der Waals surface area (Å²) >= 11 is 1.85. The first-order valence-corrected chi connectivity index (χ1v) is 8.85. The molecule has 1 fully saturated rings. The third kappa shape index (κ3) is 4.43. The third-order valence-electron chi connectivity index (χ3n) is 2.93. The fourth-order valence-corrected chi connectivity index (χ4v) is 4.70. The van der Waals surface area contributed by atoms with Gasteiger partial charge in [0.1, 0.15) is 0 Å². The van der Waals surface area contributed by atoms with Gasteiger partial charge in [0.15, 0.2) is 0 Å². The van der Waals surface area contributed by atoms with Crippen LogP contribution in [0.2, 0.25) is 0 Å². The van der Waals surface area contributed by atoms with Crippen molar-refractivity contribution in [3.63, 3.8) is 0 Å². The van der Waals surface area contributed by atoms with Gasteiger partial charge in [-0.1, -0.05) is 13.8 Å². The topological polar surface area (TPSA) is 49.4 Å². The highest BCUT2D eigenvalue weighted by Gasteiger charge is 2.31. The van der Waals surface area contributed by atoms with Crippen LogP contribution in [0.15, 0.2) is 0 Å². The first-order valence-electron chi connectivity index (χ1n) is 6.29. The Balaban J connectivity index is 2.53. The molecule has 0 aromatic rings. The first-order chi connectivity index (χ1) is 7.98. The molecular formula is C11H24N2O2S2. The monoisotopic (exact) mass is 280 g/mol. The molecule has 1 aliphatic rings. The maximum atomic E-state index is 12.3. The van der Waals surface area contributed by atoms with Crippen molar-refractivity contribution in [3.8, 4) is 0 Å². The van der Waals surface area contributed by atoms with Crippen molar-refractivity contribution in [1.82, 2.24) is 9.62 Å². The number of sulfonamides is 1. The lowest BCUT2D eigenvalue weighted by Gasteiger charge is -2.32. The minimum atomic E-state index is -3.12. The summed E-state index contributed by atoms with van der Waals surface area (Å²) in [5, 5.41) is 3.26. The number of rotatable bonds is 6. The van der Waals surface area contributed by atoms with Crippen LogP contribution in [0.3, 0.4) is 0 Å². The van der Waals surface area contributed by atoms with E-state index in [0.29, 0.717) is 24.9 Å². The van der Waals surface area contributed by atoms with Crippen LogP contribution in [0.4, 0.5) is 0 Å². The van der Waals surface area contributed by atoms with Crippen molar-refractivity contribution < 1.29 is 8.42 Å². The molecule has 4 nitrogen and oxygen atoms in total. The molecule has 102 valence electrons. The summed E-state index contributed by atoms with van der Waals surface area (Å²) in [5.41, 5.74) is 0. The minimum absolute atomic E-state index is 0.329. The molecular weight excluding hydrogens is 256 g/mol. The fourth-order valence-electron chi connectivity index (χ4n) is 1.86. The lowest BCUT2D eigenvalue weighted by molar-refractivity contribution is 0.415. The van der Waals surface area contributed by atoms with Gasteiger partial charge in [0.25, 0.3) is 0 Å². The second-order valence-electron chi connectivity index (χ2n) is 4.60. The number of nitrogens with one attached hydrogen (secondary N) is 1. The normalized spacial score (nSPS) is 24.8. The van der Waals surface area contributed by atoms with E-state index in [2.05, 4.69) is 19.2 Å². The van der Waals surface area contributed by atoms with Crippen LogP contribution in [0.1, 0.15) is 27.2 Å². The molecule has 17 heavy (non-hydrogen) atoms. The molecule has 0 aromatic heterocycles. The SMILES string of the molecule is CCCNCC(C)S(=O)(=O)N1CCSC(C)C1. The largest absolute Gasteiger partial charge is 0.315 e. The molecule has 0 amide bonds. The van der Waals surface area contributed by atoms with Gasteiger partial charge in [-0.2, -0.15) is 16.1 Å². The highest BCUT2D eigenvalue weighted by atomic mass is 32.2. The lowest BCUT2D eigenvalue weighted by atomic mass is 10.4. The standard InChI is InChI=1S/C11H24N2O2S2/c1-4-5-12-8-11(3)17(14,15)13-6-7-16-10(2)9-13/h10-12H,4-9H2,1-3H3. The van der Waals surface area contributed by atoms with E-state index in [-0.39, 0.29) is 5.25 Å². The second kappa shape index (κ2) is 6.97. The van der Waals surface area contributed by atoms with Gasteiger partial charge in [-0.3, -0.25) is 0 Å². The Morgan fingerprint density at radius 1 is 1.53 bits per heavy atom. The molecule has 0 radical (unpaired) electrons. The van der Waals surface area contributed by atoms with E-state index in [1.807, 2.05) is 11.8 Å². The molecule has 0 aromatic carbocycles. The van der Waals surface area contributed by atoms with Crippen LogP contribution in [0.25, 0.3) is 0 Å². The highest BCUT2D eigenvalue weighted by molar-refractivity contribution is 8.00. The Bertz CT molecular complexity index is 319. The Morgan fingerprint density at radius 2 is 2.24 bits per heavy atom. The average molecular weight is 280 g/mol. The zero-order chi connectivity index (χ0) is 12.9. The van der Waals surface area contributed by atoms with Crippen LogP contribution >= 0.6 is 11.8 Å². The van der Waals surface area contributed by atoms with Crippen LogP contribution in [-0.4, -0.2) is 55.2 Å². The second-order valence-corrected chi connectivity index (χ2v) is 8.50. The minimum Gasteiger partial charge on any atom is -0.315 e. The summed E-state index contributed by atoms with van der Waals surface area (Å²) in [4.78, 5) is 0. The smallest absolute Gasteiger partial charge is 0.218 e. The van der Waals surface area contributed by atoms with Gasteiger partial charge in [-0.15, -0.1) is 0 Å². The number of hydrogen-bond donors (Lipinski definition) is 1. The van der Waals surface area contributed by atoms with Crippen LogP contribution < -0.4 is 5.32 Å². The number of hydrogen-bond acceptors (Lipinski definition) is 4. The molecule has 0 spiro atoms. The molecule has 1 aliphatic heterocycles. The van der Waals surface area contributed by atoms with Gasteiger partial charge in [-0.25, -0.2) is 8.42 Å². The summed E-state index contributed by atoms with van der Waals surface area (Å²) in [6, 6.07) is 0. The summed E-state index contributed by atoms with van der Waals surface area (Å²) in [6.45, 7) is 8.72. The number of thioether (sulfide) groups is 1. The summed E-state index contributed by atoms with van der Waals surface area (Å²) < 4.78 is 26.3. The van der Waals surface area contributed by atoms with Gasteiger partial charge < -0.3 is 5.32 Å². The van der Waals surface area contributed by atoms with Crippen molar-refractivity contribution in [2.24, 2.45) is 0 Å². The van der Waals surface area contributed by atoms with Gasteiger partial charge >= 0.3 is 0 Å². The quantitative estimate of drug-likeness (QED) is 0.741. The van der Waals surface area contributed by atoms with Gasteiger partial charge in [0.05, 0.1) is 5.25 Å². The highest BCUT2D eigenvalue weighted by Crippen LogP contribution is 2.21. The lowest BCUT2D eigenvalue weighted by Crippen LogP contribution is -2.47. The average Bonchev–Trinajstić information content (AvgIpc) is 2.29. The maximum Gasteiger partial charge on any atom is 0.218 e. The predicted molar refractivity (Wildman–Crippen MR) is 75.0 cm³/mol. The molecule has 1 N–H and O–H groups in total. The van der Waals surface area contributed by atoms with E-state index in [4.69, 9.17) is 0 Å². The summed E-state index contributed by atoms with van der Waals surface area (Å²) in [5.74, 6) is 0.912. The van der Waals surface area contributed by atoms with E-state index in [1.54, 1.807) is 11.2 Å². The van der Waals surface area contributed by atoms with Crippen LogP contribution in [0.5, 0.6) is 0 Å². The van der Waals surface area contributed by atoms with Crippen LogP contribution in [0, 0.1) is 0 Å². The van der Waals surface area contributed by atoms with E-state index in [9.17, 15) is 8.42 Å². The van der Waals surface area contributed by atoms with Crippen molar-refractivity contribution in [3.05, 3.63) is 0 Å². The summed E-state index contributed by atoms with van der Waals surface area (Å²) in [7, 11) is -3.12. The van der Waals surface area contributed by atoms with Gasteiger partial charge in [0.2, 0.25) is 10.0 Å². The Hall–Kier alpha value is 0.220.